The second-order valence-electron chi connectivity index (χ2n) is 5.48. The van der Waals surface area contributed by atoms with Crippen LogP contribution in [0.3, 0.4) is 0 Å². The number of carbonyl (C=O) groups is 1. The molecule has 3 N–H and O–H groups in total. The van der Waals surface area contributed by atoms with Gasteiger partial charge in [0.2, 0.25) is 0 Å². The Labute approximate surface area is 152 Å². The SMILES string of the molecule is CCNC(=NCCC(F)(F)F)NCCNC(=O)OC(C)(C)C.I. The highest BCUT2D eigenvalue weighted by atomic mass is 127. The number of carbonyl (C=O) groups excluding carboxylic acids is 1. The number of nitrogens with one attached hydrogen (secondary N) is 3. The molecular weight excluding hydrogens is 428 g/mol. The first-order chi connectivity index (χ1) is 10.0. The molecule has 0 bridgehead atoms. The van der Waals surface area contributed by atoms with Crippen molar-refractivity contribution in [2.24, 2.45) is 4.99 Å². The maximum absolute atomic E-state index is 12.1. The quantitative estimate of drug-likeness (QED) is 0.250. The summed E-state index contributed by atoms with van der Waals surface area (Å²) < 4.78 is 41.2. The van der Waals surface area contributed by atoms with Gasteiger partial charge in [0.25, 0.3) is 0 Å². The molecule has 0 spiro atoms. The van der Waals surface area contributed by atoms with Crippen molar-refractivity contribution in [1.29, 1.82) is 0 Å². The minimum absolute atomic E-state index is 0. The first-order valence-corrected chi connectivity index (χ1v) is 7.09. The van der Waals surface area contributed by atoms with Crippen molar-refractivity contribution in [3.05, 3.63) is 0 Å². The zero-order valence-electron chi connectivity index (χ0n) is 13.8. The largest absolute Gasteiger partial charge is 0.444 e. The second kappa shape index (κ2) is 11.6. The summed E-state index contributed by atoms with van der Waals surface area (Å²) in [5, 5.41) is 8.18. The summed E-state index contributed by atoms with van der Waals surface area (Å²) in [5.74, 6) is 0.276. The lowest BCUT2D eigenvalue weighted by Gasteiger charge is -2.19. The monoisotopic (exact) mass is 454 g/mol. The molecule has 0 aromatic heterocycles. The van der Waals surface area contributed by atoms with Gasteiger partial charge in [0.15, 0.2) is 5.96 Å². The lowest BCUT2D eigenvalue weighted by molar-refractivity contribution is -0.132. The van der Waals surface area contributed by atoms with Gasteiger partial charge in [-0.2, -0.15) is 13.2 Å². The highest BCUT2D eigenvalue weighted by molar-refractivity contribution is 14.0. The molecule has 0 saturated heterocycles. The van der Waals surface area contributed by atoms with Crippen LogP contribution < -0.4 is 16.0 Å². The van der Waals surface area contributed by atoms with E-state index in [-0.39, 0.29) is 43.0 Å². The molecule has 0 rings (SSSR count). The van der Waals surface area contributed by atoms with Gasteiger partial charge in [0.1, 0.15) is 5.60 Å². The first kappa shape index (κ1) is 24.3. The molecule has 0 aliphatic carbocycles. The van der Waals surface area contributed by atoms with Crippen molar-refractivity contribution in [3.8, 4) is 0 Å². The molecule has 0 aliphatic heterocycles. The molecule has 1 amide bonds. The molecule has 0 saturated carbocycles. The predicted molar refractivity (Wildman–Crippen MR) is 94.3 cm³/mol. The average molecular weight is 454 g/mol. The Hall–Kier alpha value is -0.940. The van der Waals surface area contributed by atoms with E-state index in [1.54, 1.807) is 27.7 Å². The zero-order chi connectivity index (χ0) is 17.2. The van der Waals surface area contributed by atoms with Crippen molar-refractivity contribution in [2.75, 3.05) is 26.2 Å². The number of hydrogen-bond acceptors (Lipinski definition) is 3. The number of halogens is 4. The van der Waals surface area contributed by atoms with Crippen LogP contribution in [0.4, 0.5) is 18.0 Å². The predicted octanol–water partition coefficient (Wildman–Crippen LogP) is 2.64. The Morgan fingerprint density at radius 1 is 1.09 bits per heavy atom. The van der Waals surface area contributed by atoms with Crippen LogP contribution >= 0.6 is 24.0 Å². The minimum atomic E-state index is -4.22. The van der Waals surface area contributed by atoms with Crippen LogP contribution in [0.1, 0.15) is 34.1 Å². The molecule has 0 radical (unpaired) electrons. The summed E-state index contributed by atoms with van der Waals surface area (Å²) in [6.07, 6.45) is -5.74. The van der Waals surface area contributed by atoms with E-state index in [4.69, 9.17) is 4.74 Å². The first-order valence-electron chi connectivity index (χ1n) is 7.09. The minimum Gasteiger partial charge on any atom is -0.444 e. The summed E-state index contributed by atoms with van der Waals surface area (Å²) in [4.78, 5) is 15.2. The molecule has 0 aliphatic rings. The molecule has 0 fully saturated rings. The van der Waals surface area contributed by atoms with E-state index in [9.17, 15) is 18.0 Å². The molecule has 0 aromatic carbocycles. The molecule has 6 nitrogen and oxygen atoms in total. The van der Waals surface area contributed by atoms with E-state index in [1.807, 2.05) is 0 Å². The van der Waals surface area contributed by atoms with Crippen LogP contribution in [-0.2, 0) is 4.74 Å². The third-order valence-corrected chi connectivity index (χ3v) is 2.10. The van der Waals surface area contributed by atoms with Crippen molar-refractivity contribution in [3.63, 3.8) is 0 Å². The Balaban J connectivity index is 0. The van der Waals surface area contributed by atoms with Crippen LogP contribution in [0, 0.1) is 0 Å². The number of rotatable bonds is 6. The van der Waals surface area contributed by atoms with Crippen LogP contribution in [0.15, 0.2) is 4.99 Å². The van der Waals surface area contributed by atoms with Gasteiger partial charge in [0, 0.05) is 19.6 Å². The number of hydrogen-bond donors (Lipinski definition) is 3. The van der Waals surface area contributed by atoms with Crippen LogP contribution in [0.2, 0.25) is 0 Å². The Morgan fingerprint density at radius 2 is 1.65 bits per heavy atom. The highest BCUT2D eigenvalue weighted by Gasteiger charge is 2.26. The van der Waals surface area contributed by atoms with E-state index < -0.39 is 24.3 Å². The summed E-state index contributed by atoms with van der Waals surface area (Å²) in [7, 11) is 0. The highest BCUT2D eigenvalue weighted by Crippen LogP contribution is 2.18. The Morgan fingerprint density at radius 3 is 2.13 bits per heavy atom. The van der Waals surface area contributed by atoms with Crippen molar-refractivity contribution >= 4 is 36.0 Å². The normalized spacial score (nSPS) is 12.2. The van der Waals surface area contributed by atoms with Gasteiger partial charge >= 0.3 is 12.3 Å². The smallest absolute Gasteiger partial charge is 0.407 e. The number of alkyl carbamates (subject to hydrolysis) is 1. The van der Waals surface area contributed by atoms with E-state index >= 15 is 0 Å². The molecule has 0 heterocycles. The summed E-state index contributed by atoms with van der Waals surface area (Å²) in [6, 6.07) is 0. The Bertz CT molecular complexity index is 371. The summed E-state index contributed by atoms with van der Waals surface area (Å²) in [5.41, 5.74) is -0.578. The van der Waals surface area contributed by atoms with E-state index in [2.05, 4.69) is 20.9 Å². The number of amides is 1. The number of guanidine groups is 1. The molecule has 0 unspecified atom stereocenters. The number of aliphatic imine (C=N–C) groups is 1. The second-order valence-corrected chi connectivity index (χ2v) is 5.48. The molecule has 0 atom stereocenters. The third-order valence-electron chi connectivity index (χ3n) is 2.10. The van der Waals surface area contributed by atoms with Gasteiger partial charge in [-0.05, 0) is 27.7 Å². The van der Waals surface area contributed by atoms with Crippen LogP contribution in [-0.4, -0.2) is 50.0 Å². The van der Waals surface area contributed by atoms with Crippen molar-refractivity contribution < 1.29 is 22.7 Å². The van der Waals surface area contributed by atoms with E-state index in [1.165, 1.54) is 0 Å². The van der Waals surface area contributed by atoms with Crippen molar-refractivity contribution in [1.82, 2.24) is 16.0 Å². The molecule has 10 heteroatoms. The lowest BCUT2D eigenvalue weighted by atomic mass is 10.2. The standard InChI is InChI=1S/C13H25F3N4O2.HI/c1-5-17-10(18-7-6-13(14,15)16)19-8-9-20-11(21)22-12(2,3)4;/h5-9H2,1-4H3,(H,20,21)(H2,17,18,19);1H. The number of alkyl halides is 3. The number of ether oxygens (including phenoxy) is 1. The van der Waals surface area contributed by atoms with Crippen LogP contribution in [0.5, 0.6) is 0 Å². The zero-order valence-corrected chi connectivity index (χ0v) is 16.2. The maximum atomic E-state index is 12.1. The van der Waals surface area contributed by atoms with Gasteiger partial charge in [-0.15, -0.1) is 24.0 Å². The van der Waals surface area contributed by atoms with Gasteiger partial charge in [-0.25, -0.2) is 4.79 Å². The van der Waals surface area contributed by atoms with E-state index in [0.29, 0.717) is 13.1 Å². The Kier molecular flexibility index (Phi) is 12.2. The van der Waals surface area contributed by atoms with Gasteiger partial charge in [-0.1, -0.05) is 0 Å². The van der Waals surface area contributed by atoms with Gasteiger partial charge in [0.05, 0.1) is 13.0 Å². The molecule has 138 valence electrons. The molecular formula is C13H26F3IN4O2. The fourth-order valence-electron chi connectivity index (χ4n) is 1.30. The van der Waals surface area contributed by atoms with Crippen molar-refractivity contribution in [2.45, 2.75) is 45.9 Å². The maximum Gasteiger partial charge on any atom is 0.407 e. The molecule has 23 heavy (non-hydrogen) atoms. The summed E-state index contributed by atoms with van der Waals surface area (Å²) >= 11 is 0. The van der Waals surface area contributed by atoms with Gasteiger partial charge < -0.3 is 20.7 Å². The topological polar surface area (TPSA) is 74.8 Å². The number of nitrogens with zero attached hydrogens (tertiary/aromatic N) is 1. The average Bonchev–Trinajstić information content (AvgIpc) is 2.30. The van der Waals surface area contributed by atoms with Gasteiger partial charge in [-0.3, -0.25) is 4.99 Å². The third kappa shape index (κ3) is 17.2. The summed E-state index contributed by atoms with van der Waals surface area (Å²) in [6.45, 7) is 7.81. The molecule has 0 aromatic rings. The van der Waals surface area contributed by atoms with E-state index in [0.717, 1.165) is 0 Å². The van der Waals surface area contributed by atoms with Crippen LogP contribution in [0.25, 0.3) is 0 Å². The fourth-order valence-corrected chi connectivity index (χ4v) is 1.30. The lowest BCUT2D eigenvalue weighted by Crippen LogP contribution is -2.42. The fraction of sp³-hybridized carbons (Fsp3) is 0.846.